The van der Waals surface area contributed by atoms with E-state index in [9.17, 15) is 4.79 Å². The van der Waals surface area contributed by atoms with E-state index in [-0.39, 0.29) is 11.8 Å². The third-order valence-corrected chi connectivity index (χ3v) is 3.27. The minimum atomic E-state index is 0.0737. The summed E-state index contributed by atoms with van der Waals surface area (Å²) in [5.74, 6) is 0.162. The van der Waals surface area contributed by atoms with Gasteiger partial charge in [-0.1, -0.05) is 18.2 Å². The van der Waals surface area contributed by atoms with Gasteiger partial charge in [0.1, 0.15) is 0 Å². The first-order valence-corrected chi connectivity index (χ1v) is 6.12. The van der Waals surface area contributed by atoms with Crippen molar-refractivity contribution in [3.05, 3.63) is 36.0 Å². The van der Waals surface area contributed by atoms with Gasteiger partial charge in [-0.2, -0.15) is 0 Å². The number of hydrogen-bond donors (Lipinski definition) is 2. The minimum absolute atomic E-state index is 0.0737. The number of carbonyl (C=O) groups excluding carboxylic acids is 1. The molecule has 2 aromatic rings. The van der Waals surface area contributed by atoms with E-state index >= 15 is 0 Å². The highest BCUT2D eigenvalue weighted by Gasteiger charge is 2.25. The highest BCUT2D eigenvalue weighted by Crippen LogP contribution is 2.22. The first-order chi connectivity index (χ1) is 8.74. The Bertz CT molecular complexity index is 605. The lowest BCUT2D eigenvalue weighted by molar-refractivity contribution is -0.121. The number of nitrogens with one attached hydrogen (secondary N) is 2. The molecule has 1 aromatic carbocycles. The second kappa shape index (κ2) is 4.38. The van der Waals surface area contributed by atoms with Crippen molar-refractivity contribution in [3.8, 4) is 0 Å². The highest BCUT2D eigenvalue weighted by atomic mass is 16.2. The number of amides is 1. The number of hydrogen-bond acceptors (Lipinski definition) is 3. The Morgan fingerprint density at radius 2 is 2.17 bits per heavy atom. The molecule has 0 saturated carbocycles. The van der Waals surface area contributed by atoms with Crippen LogP contribution in [-0.4, -0.2) is 24.0 Å². The molecule has 0 spiro atoms. The molecule has 4 nitrogen and oxygen atoms in total. The van der Waals surface area contributed by atoms with Crippen LogP contribution < -0.4 is 10.6 Å². The number of anilines is 1. The largest absolute Gasteiger partial charge is 0.324 e. The fraction of sp³-hybridized carbons (Fsp3) is 0.286. The average Bonchev–Trinajstić information content (AvgIpc) is 2.27. The molecule has 18 heavy (non-hydrogen) atoms. The summed E-state index contributed by atoms with van der Waals surface area (Å²) in [6, 6.07) is 9.84. The summed E-state index contributed by atoms with van der Waals surface area (Å²) in [6.07, 6.45) is 0. The summed E-state index contributed by atoms with van der Waals surface area (Å²) in [7, 11) is 0. The van der Waals surface area contributed by atoms with Gasteiger partial charge in [-0.15, -0.1) is 0 Å². The molecular formula is C14H15N3O. The zero-order valence-corrected chi connectivity index (χ0v) is 10.2. The Labute approximate surface area is 105 Å². The number of rotatable bonds is 2. The zero-order chi connectivity index (χ0) is 12.5. The normalized spacial score (nSPS) is 15.4. The number of aromatic nitrogens is 1. The van der Waals surface area contributed by atoms with Crippen LogP contribution in [-0.2, 0) is 4.79 Å². The minimum Gasteiger partial charge on any atom is -0.324 e. The van der Waals surface area contributed by atoms with Crippen LogP contribution in [0.3, 0.4) is 0 Å². The molecule has 1 aromatic heterocycles. The molecule has 2 N–H and O–H groups in total. The number of fused-ring (bicyclic) bond motifs is 1. The van der Waals surface area contributed by atoms with Crippen LogP contribution in [0.4, 0.5) is 5.69 Å². The molecule has 92 valence electrons. The van der Waals surface area contributed by atoms with Crippen LogP contribution in [0, 0.1) is 12.8 Å². The van der Waals surface area contributed by atoms with E-state index in [0.717, 1.165) is 35.4 Å². The van der Waals surface area contributed by atoms with E-state index in [1.807, 2.05) is 37.3 Å². The molecule has 0 bridgehead atoms. The smallest absolute Gasteiger partial charge is 0.230 e. The Kier molecular flexibility index (Phi) is 2.72. The standard InChI is InChI=1S/C14H15N3O/c1-9-5-6-10-3-2-4-12(13(10)16-9)17-14(18)11-7-15-8-11/h2-6,11,15H,7-8H2,1H3,(H,17,18). The maximum absolute atomic E-state index is 11.9. The van der Waals surface area contributed by atoms with Crippen LogP contribution in [0.2, 0.25) is 0 Å². The molecule has 1 fully saturated rings. The predicted octanol–water partition coefficient (Wildman–Crippen LogP) is 1.70. The molecule has 2 heterocycles. The zero-order valence-electron chi connectivity index (χ0n) is 10.2. The SMILES string of the molecule is Cc1ccc2cccc(NC(=O)C3CNC3)c2n1. The molecule has 1 amide bonds. The number of nitrogens with zero attached hydrogens (tertiary/aromatic N) is 1. The van der Waals surface area contributed by atoms with Crippen molar-refractivity contribution in [3.63, 3.8) is 0 Å². The number of carbonyl (C=O) groups is 1. The molecule has 0 radical (unpaired) electrons. The van der Waals surface area contributed by atoms with E-state index < -0.39 is 0 Å². The Hall–Kier alpha value is -1.94. The van der Waals surface area contributed by atoms with Crippen molar-refractivity contribution < 1.29 is 4.79 Å². The maximum Gasteiger partial charge on any atom is 0.230 e. The third kappa shape index (κ3) is 1.95. The summed E-state index contributed by atoms with van der Waals surface area (Å²) >= 11 is 0. The van der Waals surface area contributed by atoms with Crippen molar-refractivity contribution in [2.24, 2.45) is 5.92 Å². The molecular weight excluding hydrogens is 226 g/mol. The van der Waals surface area contributed by atoms with Gasteiger partial charge < -0.3 is 10.6 Å². The van der Waals surface area contributed by atoms with Crippen molar-refractivity contribution >= 4 is 22.5 Å². The van der Waals surface area contributed by atoms with Crippen LogP contribution >= 0.6 is 0 Å². The lowest BCUT2D eigenvalue weighted by Gasteiger charge is -2.25. The summed E-state index contributed by atoms with van der Waals surface area (Å²) in [5.41, 5.74) is 2.61. The van der Waals surface area contributed by atoms with Gasteiger partial charge in [0.15, 0.2) is 0 Å². The first-order valence-electron chi connectivity index (χ1n) is 6.12. The Morgan fingerprint density at radius 3 is 2.89 bits per heavy atom. The van der Waals surface area contributed by atoms with Crippen molar-refractivity contribution in [2.45, 2.75) is 6.92 Å². The number of para-hydroxylation sites is 1. The molecule has 1 saturated heterocycles. The first kappa shape index (κ1) is 11.2. The molecule has 3 rings (SSSR count). The summed E-state index contributed by atoms with van der Waals surface area (Å²) < 4.78 is 0. The van der Waals surface area contributed by atoms with Crippen molar-refractivity contribution in [1.29, 1.82) is 0 Å². The highest BCUT2D eigenvalue weighted by molar-refractivity contribution is 6.01. The van der Waals surface area contributed by atoms with Gasteiger partial charge >= 0.3 is 0 Å². The lowest BCUT2D eigenvalue weighted by atomic mass is 10.0. The van der Waals surface area contributed by atoms with Crippen molar-refractivity contribution in [2.75, 3.05) is 18.4 Å². The predicted molar refractivity (Wildman–Crippen MR) is 71.5 cm³/mol. The second-order valence-electron chi connectivity index (χ2n) is 4.67. The van der Waals surface area contributed by atoms with Crippen LogP contribution in [0.15, 0.2) is 30.3 Å². The number of benzene rings is 1. The Morgan fingerprint density at radius 1 is 1.33 bits per heavy atom. The number of aryl methyl sites for hydroxylation is 1. The molecule has 4 heteroatoms. The van der Waals surface area contributed by atoms with Gasteiger partial charge in [0.05, 0.1) is 17.1 Å². The van der Waals surface area contributed by atoms with Gasteiger partial charge in [0.2, 0.25) is 5.91 Å². The van der Waals surface area contributed by atoms with E-state index in [1.54, 1.807) is 0 Å². The Balaban J connectivity index is 1.95. The summed E-state index contributed by atoms with van der Waals surface area (Å²) in [5, 5.41) is 7.12. The van der Waals surface area contributed by atoms with Crippen LogP contribution in [0.5, 0.6) is 0 Å². The fourth-order valence-corrected chi connectivity index (χ4v) is 2.05. The number of pyridine rings is 1. The molecule has 0 unspecified atom stereocenters. The van der Waals surface area contributed by atoms with E-state index in [0.29, 0.717) is 0 Å². The van der Waals surface area contributed by atoms with Crippen LogP contribution in [0.1, 0.15) is 5.69 Å². The fourth-order valence-electron chi connectivity index (χ4n) is 2.05. The van der Waals surface area contributed by atoms with Crippen LogP contribution in [0.25, 0.3) is 10.9 Å². The maximum atomic E-state index is 11.9. The van der Waals surface area contributed by atoms with E-state index in [1.165, 1.54) is 0 Å². The van der Waals surface area contributed by atoms with Gasteiger partial charge in [-0.25, -0.2) is 0 Å². The average molecular weight is 241 g/mol. The molecule has 0 aliphatic carbocycles. The summed E-state index contributed by atoms with van der Waals surface area (Å²) in [4.78, 5) is 16.4. The molecule has 0 atom stereocenters. The lowest BCUT2D eigenvalue weighted by Crippen LogP contribution is -2.48. The van der Waals surface area contributed by atoms with Gasteiger partial charge in [-0.05, 0) is 19.1 Å². The summed E-state index contributed by atoms with van der Waals surface area (Å²) in [6.45, 7) is 3.49. The van der Waals surface area contributed by atoms with E-state index in [4.69, 9.17) is 0 Å². The molecule has 1 aliphatic rings. The van der Waals surface area contributed by atoms with Gasteiger partial charge in [0, 0.05) is 24.2 Å². The second-order valence-corrected chi connectivity index (χ2v) is 4.67. The molecule has 1 aliphatic heterocycles. The van der Waals surface area contributed by atoms with Gasteiger partial charge in [-0.3, -0.25) is 9.78 Å². The quantitative estimate of drug-likeness (QED) is 0.841. The van der Waals surface area contributed by atoms with Crippen molar-refractivity contribution in [1.82, 2.24) is 10.3 Å². The van der Waals surface area contributed by atoms with Gasteiger partial charge in [0.25, 0.3) is 0 Å². The topological polar surface area (TPSA) is 54.0 Å². The van der Waals surface area contributed by atoms with E-state index in [2.05, 4.69) is 15.6 Å². The monoisotopic (exact) mass is 241 g/mol. The third-order valence-electron chi connectivity index (χ3n) is 3.27.